The van der Waals surface area contributed by atoms with Gasteiger partial charge in [-0.05, 0) is 81.1 Å². The predicted molar refractivity (Wildman–Crippen MR) is 120 cm³/mol. The number of aryl methyl sites for hydroxylation is 2. The summed E-state index contributed by atoms with van der Waals surface area (Å²) < 4.78 is 7.74. The number of tetrazole rings is 1. The number of nitrogens with one attached hydrogen (secondary N) is 1. The highest BCUT2D eigenvalue weighted by Crippen LogP contribution is 2.21. The van der Waals surface area contributed by atoms with Gasteiger partial charge in [0.1, 0.15) is 0 Å². The van der Waals surface area contributed by atoms with Crippen LogP contribution in [-0.4, -0.2) is 49.3 Å². The fraction of sp³-hybridized carbons (Fsp3) is 0.565. The molecule has 0 spiro atoms. The molecule has 31 heavy (non-hydrogen) atoms. The fourth-order valence-electron chi connectivity index (χ4n) is 4.36. The third-order valence-corrected chi connectivity index (χ3v) is 5.80. The smallest absolute Gasteiger partial charge is 0.252 e. The van der Waals surface area contributed by atoms with Crippen molar-refractivity contribution in [1.29, 1.82) is 0 Å². The maximum Gasteiger partial charge on any atom is 0.252 e. The van der Waals surface area contributed by atoms with Crippen LogP contribution in [0.1, 0.15) is 56.1 Å². The van der Waals surface area contributed by atoms with E-state index in [4.69, 9.17) is 4.74 Å². The van der Waals surface area contributed by atoms with Crippen molar-refractivity contribution in [2.24, 2.45) is 0 Å². The lowest BCUT2D eigenvalue weighted by Crippen LogP contribution is -2.35. The highest BCUT2D eigenvalue weighted by atomic mass is 16.5. The molecule has 8 nitrogen and oxygen atoms in total. The molecular weight excluding hydrogens is 392 g/mol. The van der Waals surface area contributed by atoms with Crippen LogP contribution in [0.3, 0.4) is 0 Å². The molecule has 4 rings (SSSR count). The molecule has 1 N–H and O–H groups in total. The summed E-state index contributed by atoms with van der Waals surface area (Å²) in [4.78, 5) is 18.2. The molecule has 1 aliphatic rings. The standard InChI is InChI=1S/C23H32N6O2/c1-15-9-16(2)19-11-17(22(30)24-20(19)10-15)12-28(13-18-7-6-8-31-18)14-21-25-26-27-29(21)23(3,4)5/h9-11,18H,6-8,12-14H2,1-5H3,(H,24,30)/t18-/m1/s1. The summed E-state index contributed by atoms with van der Waals surface area (Å²) in [6, 6.07) is 6.19. The Labute approximate surface area is 182 Å². The van der Waals surface area contributed by atoms with Crippen LogP contribution in [0, 0.1) is 13.8 Å². The van der Waals surface area contributed by atoms with Crippen molar-refractivity contribution in [1.82, 2.24) is 30.1 Å². The van der Waals surface area contributed by atoms with Crippen molar-refractivity contribution in [2.75, 3.05) is 13.2 Å². The average molecular weight is 425 g/mol. The molecule has 0 radical (unpaired) electrons. The first kappa shape index (κ1) is 21.6. The number of H-pyrrole nitrogens is 1. The van der Waals surface area contributed by atoms with Gasteiger partial charge in [0.05, 0.1) is 18.2 Å². The minimum Gasteiger partial charge on any atom is -0.377 e. The second-order valence-corrected chi connectivity index (χ2v) is 9.65. The van der Waals surface area contributed by atoms with Crippen LogP contribution in [0.5, 0.6) is 0 Å². The summed E-state index contributed by atoms with van der Waals surface area (Å²) in [5.41, 5.74) is 3.66. The predicted octanol–water partition coefficient (Wildman–Crippen LogP) is 3.07. The monoisotopic (exact) mass is 424 g/mol. The molecule has 8 heteroatoms. The number of ether oxygens (including phenoxy) is 1. The highest BCUT2D eigenvalue weighted by molar-refractivity contribution is 5.83. The SMILES string of the molecule is Cc1cc(C)c2cc(CN(Cc3nnnn3C(C)(C)C)C[C@H]3CCCO3)c(=O)[nH]c2c1. The lowest BCUT2D eigenvalue weighted by molar-refractivity contribution is 0.0657. The third-order valence-electron chi connectivity index (χ3n) is 5.80. The van der Waals surface area contributed by atoms with E-state index in [1.807, 2.05) is 23.7 Å². The quantitative estimate of drug-likeness (QED) is 0.654. The van der Waals surface area contributed by atoms with Crippen molar-refractivity contribution >= 4 is 10.9 Å². The van der Waals surface area contributed by atoms with Crippen LogP contribution < -0.4 is 5.56 Å². The maximum atomic E-state index is 12.9. The number of rotatable bonds is 6. The van der Waals surface area contributed by atoms with E-state index in [0.717, 1.165) is 59.4 Å². The number of hydrogen-bond acceptors (Lipinski definition) is 6. The highest BCUT2D eigenvalue weighted by Gasteiger charge is 2.25. The van der Waals surface area contributed by atoms with Gasteiger partial charge in [-0.1, -0.05) is 6.07 Å². The Bertz CT molecular complexity index is 1120. The van der Waals surface area contributed by atoms with Crippen LogP contribution in [0.25, 0.3) is 10.9 Å². The second kappa shape index (κ2) is 8.51. The molecule has 0 saturated carbocycles. The number of nitrogens with zero attached hydrogens (tertiary/aromatic N) is 5. The minimum absolute atomic E-state index is 0.0507. The number of pyridine rings is 1. The van der Waals surface area contributed by atoms with E-state index in [2.05, 4.69) is 59.2 Å². The van der Waals surface area contributed by atoms with Crippen molar-refractivity contribution in [3.8, 4) is 0 Å². The van der Waals surface area contributed by atoms with Gasteiger partial charge in [0, 0.05) is 36.2 Å². The van der Waals surface area contributed by atoms with Gasteiger partial charge in [0.2, 0.25) is 0 Å². The van der Waals surface area contributed by atoms with Crippen molar-refractivity contribution in [2.45, 2.75) is 72.2 Å². The first-order valence-corrected chi connectivity index (χ1v) is 11.0. The Hall–Kier alpha value is -2.58. The lowest BCUT2D eigenvalue weighted by atomic mass is 10.0. The van der Waals surface area contributed by atoms with E-state index < -0.39 is 0 Å². The number of benzene rings is 1. The van der Waals surface area contributed by atoms with Crippen LogP contribution in [0.2, 0.25) is 0 Å². The molecule has 3 heterocycles. The molecular formula is C23H32N6O2. The molecule has 0 amide bonds. The van der Waals surface area contributed by atoms with Crippen molar-refractivity contribution in [3.63, 3.8) is 0 Å². The zero-order chi connectivity index (χ0) is 22.2. The zero-order valence-corrected chi connectivity index (χ0v) is 19.1. The van der Waals surface area contributed by atoms with E-state index in [1.165, 1.54) is 0 Å². The average Bonchev–Trinajstić information content (AvgIpc) is 3.34. The number of aromatic nitrogens is 5. The Balaban J connectivity index is 1.65. The van der Waals surface area contributed by atoms with Gasteiger partial charge in [-0.3, -0.25) is 9.69 Å². The molecule has 1 fully saturated rings. The molecule has 166 valence electrons. The molecule has 0 aliphatic carbocycles. The summed E-state index contributed by atoms with van der Waals surface area (Å²) in [5.74, 6) is 0.787. The maximum absolute atomic E-state index is 12.9. The largest absolute Gasteiger partial charge is 0.377 e. The van der Waals surface area contributed by atoms with Gasteiger partial charge >= 0.3 is 0 Å². The van der Waals surface area contributed by atoms with Crippen LogP contribution in [0.15, 0.2) is 23.0 Å². The summed E-state index contributed by atoms with van der Waals surface area (Å²) in [6.45, 7) is 13.0. The van der Waals surface area contributed by atoms with Crippen LogP contribution >= 0.6 is 0 Å². The van der Waals surface area contributed by atoms with Gasteiger partial charge in [-0.25, -0.2) is 4.68 Å². The van der Waals surface area contributed by atoms with E-state index in [9.17, 15) is 4.79 Å². The molecule has 3 aromatic rings. The summed E-state index contributed by atoms with van der Waals surface area (Å²) in [7, 11) is 0. The van der Waals surface area contributed by atoms with Crippen molar-refractivity contribution < 1.29 is 4.74 Å². The molecule has 0 bridgehead atoms. The molecule has 0 unspecified atom stereocenters. The van der Waals surface area contributed by atoms with Crippen LogP contribution in [0.4, 0.5) is 0 Å². The first-order chi connectivity index (χ1) is 14.7. The number of hydrogen-bond donors (Lipinski definition) is 1. The summed E-state index contributed by atoms with van der Waals surface area (Å²) >= 11 is 0. The van der Waals surface area contributed by atoms with E-state index in [-0.39, 0.29) is 17.2 Å². The van der Waals surface area contributed by atoms with E-state index in [1.54, 1.807) is 0 Å². The normalized spacial score (nSPS) is 17.2. The minimum atomic E-state index is -0.218. The number of aromatic amines is 1. The lowest BCUT2D eigenvalue weighted by Gasteiger charge is -2.26. The van der Waals surface area contributed by atoms with Gasteiger partial charge in [0.25, 0.3) is 5.56 Å². The van der Waals surface area contributed by atoms with Gasteiger partial charge < -0.3 is 9.72 Å². The zero-order valence-electron chi connectivity index (χ0n) is 19.1. The Morgan fingerprint density at radius 1 is 1.23 bits per heavy atom. The molecule has 1 aliphatic heterocycles. The molecule has 1 atom stereocenters. The van der Waals surface area contributed by atoms with E-state index in [0.29, 0.717) is 13.1 Å². The van der Waals surface area contributed by atoms with Crippen molar-refractivity contribution in [3.05, 3.63) is 51.1 Å². The second-order valence-electron chi connectivity index (χ2n) is 9.65. The van der Waals surface area contributed by atoms with E-state index >= 15 is 0 Å². The van der Waals surface area contributed by atoms with Crippen LogP contribution in [-0.2, 0) is 23.4 Å². The summed E-state index contributed by atoms with van der Waals surface area (Å²) in [5, 5.41) is 13.4. The van der Waals surface area contributed by atoms with Gasteiger partial charge in [-0.15, -0.1) is 5.10 Å². The Morgan fingerprint density at radius 3 is 2.74 bits per heavy atom. The third kappa shape index (κ3) is 4.85. The Morgan fingerprint density at radius 2 is 2.03 bits per heavy atom. The van der Waals surface area contributed by atoms with Gasteiger partial charge in [-0.2, -0.15) is 0 Å². The molecule has 2 aromatic heterocycles. The first-order valence-electron chi connectivity index (χ1n) is 11.0. The molecule has 1 saturated heterocycles. The van der Waals surface area contributed by atoms with Gasteiger partial charge in [0.15, 0.2) is 5.82 Å². The number of fused-ring (bicyclic) bond motifs is 1. The fourth-order valence-corrected chi connectivity index (χ4v) is 4.36. The summed E-state index contributed by atoms with van der Waals surface area (Å²) in [6.07, 6.45) is 2.28. The topological polar surface area (TPSA) is 88.9 Å². The molecule has 1 aromatic carbocycles. The Kier molecular flexibility index (Phi) is 5.94.